The Kier molecular flexibility index (Phi) is 2.57. The molecule has 1 aromatic carbocycles. The topological polar surface area (TPSA) is 105 Å². The van der Waals surface area contributed by atoms with Crippen molar-refractivity contribution in [2.75, 3.05) is 11.5 Å². The summed E-state index contributed by atoms with van der Waals surface area (Å²) in [6.07, 6.45) is 1.30. The lowest BCUT2D eigenvalue weighted by molar-refractivity contribution is 0.437. The minimum Gasteiger partial charge on any atom is -0.395 e. The van der Waals surface area contributed by atoms with Crippen LogP contribution in [0.5, 0.6) is 11.5 Å². The van der Waals surface area contributed by atoms with Crippen LogP contribution in [0.3, 0.4) is 0 Å². The van der Waals surface area contributed by atoms with E-state index < -0.39 is 10.4 Å². The predicted octanol–water partition coefficient (Wildman–Crippen LogP) is 0.992. The highest BCUT2D eigenvalue weighted by molar-refractivity contribution is 7.82. The first-order chi connectivity index (χ1) is 7.91. The van der Waals surface area contributed by atoms with Gasteiger partial charge in [-0.2, -0.15) is 0 Å². The van der Waals surface area contributed by atoms with Crippen molar-refractivity contribution < 1.29 is 16.8 Å². The van der Waals surface area contributed by atoms with Gasteiger partial charge in [0, 0.05) is 0 Å². The van der Waals surface area contributed by atoms with Crippen LogP contribution in [0.15, 0.2) is 0 Å². The van der Waals surface area contributed by atoms with Crippen LogP contribution < -0.4 is 19.8 Å². The van der Waals surface area contributed by atoms with Crippen LogP contribution in [-0.2, 0) is 23.2 Å². The molecule has 1 aromatic rings. The Bertz CT molecular complexity index is 536. The van der Waals surface area contributed by atoms with Gasteiger partial charge in [-0.3, -0.25) is 0 Å². The number of benzene rings is 1. The highest BCUT2D eigenvalue weighted by Crippen LogP contribution is 2.49. The van der Waals surface area contributed by atoms with Gasteiger partial charge in [0.1, 0.15) is 0 Å². The molecule has 4 N–H and O–H groups in total. The fourth-order valence-corrected chi connectivity index (χ4v) is 2.81. The molecule has 0 radical (unpaired) electrons. The third kappa shape index (κ3) is 1.66. The minimum atomic E-state index is -4.06. The molecule has 0 spiro atoms. The van der Waals surface area contributed by atoms with Crippen LogP contribution in [0.2, 0.25) is 0 Å². The van der Waals surface area contributed by atoms with Crippen LogP contribution in [0, 0.1) is 0 Å². The van der Waals surface area contributed by atoms with Gasteiger partial charge in [0.25, 0.3) is 0 Å². The van der Waals surface area contributed by atoms with E-state index in [0.29, 0.717) is 12.8 Å². The zero-order chi connectivity index (χ0) is 12.8. The van der Waals surface area contributed by atoms with Crippen molar-refractivity contribution in [3.8, 4) is 11.5 Å². The van der Waals surface area contributed by atoms with Crippen molar-refractivity contribution >= 4 is 21.8 Å². The summed E-state index contributed by atoms with van der Waals surface area (Å²) in [5, 5.41) is 0. The highest BCUT2D eigenvalue weighted by atomic mass is 32.3. The standard InChI is InChI=1S/C10H14N2O4S/c1-3-5-6(4-2)8(12)10-9(7(5)11)15-17(13,14)16-10/h3-4,11-12H2,1-2H3. The van der Waals surface area contributed by atoms with E-state index in [4.69, 9.17) is 19.8 Å². The van der Waals surface area contributed by atoms with Crippen LogP contribution in [0.4, 0.5) is 11.4 Å². The highest BCUT2D eigenvalue weighted by Gasteiger charge is 2.35. The van der Waals surface area contributed by atoms with Crippen molar-refractivity contribution in [2.24, 2.45) is 0 Å². The molecule has 0 aromatic heterocycles. The van der Waals surface area contributed by atoms with E-state index in [-0.39, 0.29) is 22.9 Å². The van der Waals surface area contributed by atoms with Crippen LogP contribution in [0.1, 0.15) is 25.0 Å². The maximum absolute atomic E-state index is 11.2. The molecule has 17 heavy (non-hydrogen) atoms. The quantitative estimate of drug-likeness (QED) is 0.766. The Morgan fingerprint density at radius 2 is 1.29 bits per heavy atom. The number of anilines is 2. The van der Waals surface area contributed by atoms with Crippen molar-refractivity contribution in [2.45, 2.75) is 26.7 Å². The SMILES string of the molecule is CCc1c(N)c2c(c(N)c1CC)OS(=O)(=O)O2. The first-order valence-electron chi connectivity index (χ1n) is 5.27. The number of hydrogen-bond acceptors (Lipinski definition) is 6. The molecule has 0 amide bonds. The monoisotopic (exact) mass is 258 g/mol. The van der Waals surface area contributed by atoms with Crippen molar-refractivity contribution in [1.82, 2.24) is 0 Å². The summed E-state index contributed by atoms with van der Waals surface area (Å²) in [6, 6.07) is 0. The average Bonchev–Trinajstić information content (AvgIpc) is 2.59. The third-order valence-corrected chi connectivity index (χ3v) is 3.53. The van der Waals surface area contributed by atoms with Gasteiger partial charge in [-0.05, 0) is 24.0 Å². The third-order valence-electron chi connectivity index (χ3n) is 2.79. The number of rotatable bonds is 2. The summed E-state index contributed by atoms with van der Waals surface area (Å²) in [7, 11) is -4.06. The van der Waals surface area contributed by atoms with E-state index in [9.17, 15) is 8.42 Å². The van der Waals surface area contributed by atoms with Crippen molar-refractivity contribution in [1.29, 1.82) is 0 Å². The molecule has 0 unspecified atom stereocenters. The van der Waals surface area contributed by atoms with Gasteiger partial charge in [0.2, 0.25) is 11.5 Å². The van der Waals surface area contributed by atoms with Crippen molar-refractivity contribution in [3.63, 3.8) is 0 Å². The second kappa shape index (κ2) is 3.69. The lowest BCUT2D eigenvalue weighted by Crippen LogP contribution is -2.08. The summed E-state index contributed by atoms with van der Waals surface area (Å²) in [5.74, 6) is 0.0214. The molecular formula is C10H14N2O4S. The maximum atomic E-state index is 11.2. The van der Waals surface area contributed by atoms with Gasteiger partial charge < -0.3 is 19.8 Å². The summed E-state index contributed by atoms with van der Waals surface area (Å²) in [6.45, 7) is 3.84. The molecule has 6 nitrogen and oxygen atoms in total. The zero-order valence-corrected chi connectivity index (χ0v) is 10.4. The normalized spacial score (nSPS) is 16.1. The van der Waals surface area contributed by atoms with Gasteiger partial charge in [0.15, 0.2) is 0 Å². The molecule has 0 saturated carbocycles. The van der Waals surface area contributed by atoms with E-state index in [1.165, 1.54) is 0 Å². The molecule has 1 heterocycles. The molecule has 0 fully saturated rings. The Morgan fingerprint density at radius 1 is 0.941 bits per heavy atom. The lowest BCUT2D eigenvalue weighted by Gasteiger charge is -2.14. The lowest BCUT2D eigenvalue weighted by atomic mass is 9.97. The average molecular weight is 258 g/mol. The largest absolute Gasteiger partial charge is 0.501 e. The second-order valence-corrected chi connectivity index (χ2v) is 4.87. The second-order valence-electron chi connectivity index (χ2n) is 3.72. The Hall–Kier alpha value is -1.63. The Labute approximate surface area is 99.8 Å². The summed E-state index contributed by atoms with van der Waals surface area (Å²) in [5.41, 5.74) is 14.0. The summed E-state index contributed by atoms with van der Waals surface area (Å²) >= 11 is 0. The van der Waals surface area contributed by atoms with Gasteiger partial charge in [0.05, 0.1) is 11.4 Å². The first kappa shape index (κ1) is 11.8. The van der Waals surface area contributed by atoms with E-state index in [2.05, 4.69) is 0 Å². The van der Waals surface area contributed by atoms with Gasteiger partial charge in [-0.15, -0.1) is 8.42 Å². The number of fused-ring (bicyclic) bond motifs is 1. The molecule has 2 rings (SSSR count). The molecule has 1 aliphatic rings. The molecule has 0 aliphatic carbocycles. The van der Waals surface area contributed by atoms with Gasteiger partial charge in [-0.25, -0.2) is 0 Å². The van der Waals surface area contributed by atoms with Crippen LogP contribution >= 0.6 is 0 Å². The van der Waals surface area contributed by atoms with Crippen LogP contribution in [-0.4, -0.2) is 8.42 Å². The summed E-state index contributed by atoms with van der Waals surface area (Å²) in [4.78, 5) is 0. The molecule has 94 valence electrons. The van der Waals surface area contributed by atoms with E-state index in [1.807, 2.05) is 13.8 Å². The maximum Gasteiger partial charge on any atom is 0.501 e. The van der Waals surface area contributed by atoms with Gasteiger partial charge >= 0.3 is 10.4 Å². The van der Waals surface area contributed by atoms with E-state index in [0.717, 1.165) is 11.1 Å². The smallest absolute Gasteiger partial charge is 0.395 e. The fourth-order valence-electron chi connectivity index (χ4n) is 2.04. The number of nitrogens with two attached hydrogens (primary N) is 2. The molecule has 1 aliphatic heterocycles. The Morgan fingerprint density at radius 3 is 1.59 bits per heavy atom. The first-order valence-corrected chi connectivity index (χ1v) is 6.61. The van der Waals surface area contributed by atoms with Crippen molar-refractivity contribution in [3.05, 3.63) is 11.1 Å². The van der Waals surface area contributed by atoms with Crippen LogP contribution in [0.25, 0.3) is 0 Å². The Balaban J connectivity index is 2.77. The molecule has 0 atom stereocenters. The molecular weight excluding hydrogens is 244 g/mol. The molecule has 7 heteroatoms. The number of nitrogen functional groups attached to an aromatic ring is 2. The predicted molar refractivity (Wildman–Crippen MR) is 64.2 cm³/mol. The van der Waals surface area contributed by atoms with E-state index >= 15 is 0 Å². The minimum absolute atomic E-state index is 0.0107. The zero-order valence-electron chi connectivity index (χ0n) is 9.61. The number of hydrogen-bond donors (Lipinski definition) is 2. The van der Waals surface area contributed by atoms with Gasteiger partial charge in [-0.1, -0.05) is 13.8 Å². The summed E-state index contributed by atoms with van der Waals surface area (Å²) < 4.78 is 31.9. The molecule has 0 bridgehead atoms. The molecule has 0 saturated heterocycles. The van der Waals surface area contributed by atoms with E-state index in [1.54, 1.807) is 0 Å². The fraction of sp³-hybridized carbons (Fsp3) is 0.400.